The highest BCUT2D eigenvalue weighted by molar-refractivity contribution is 9.09. The lowest BCUT2D eigenvalue weighted by atomic mass is 10.2. The molecule has 1 amide bonds. The summed E-state index contributed by atoms with van der Waals surface area (Å²) in [4.78, 5) is 18.2. The van der Waals surface area contributed by atoms with Gasteiger partial charge in [0.25, 0.3) is 5.91 Å². The van der Waals surface area contributed by atoms with Gasteiger partial charge in [0.15, 0.2) is 5.89 Å². The molecule has 0 aromatic carbocycles. The van der Waals surface area contributed by atoms with Gasteiger partial charge in [-0.3, -0.25) is 4.79 Å². The van der Waals surface area contributed by atoms with Gasteiger partial charge in [-0.25, -0.2) is 4.98 Å². The zero-order chi connectivity index (χ0) is 11.7. The Morgan fingerprint density at radius 1 is 1.62 bits per heavy atom. The molecule has 1 atom stereocenters. The minimum Gasteiger partial charge on any atom is -0.436 e. The average Bonchev–Trinajstić information content (AvgIpc) is 2.83. The van der Waals surface area contributed by atoms with Gasteiger partial charge in [-0.05, 0) is 19.8 Å². The first-order valence-corrected chi connectivity index (χ1v) is 6.56. The summed E-state index contributed by atoms with van der Waals surface area (Å²) >= 11 is 3.44. The predicted octanol–water partition coefficient (Wildman–Crippen LogP) is 2.29. The number of carbonyl (C=O) groups is 1. The average molecular weight is 287 g/mol. The molecule has 4 nitrogen and oxygen atoms in total. The Morgan fingerprint density at radius 3 is 2.94 bits per heavy atom. The van der Waals surface area contributed by atoms with Crippen molar-refractivity contribution in [2.24, 2.45) is 0 Å². The highest BCUT2D eigenvalue weighted by atomic mass is 79.9. The number of likely N-dealkylation sites (tertiary alicyclic amines) is 1. The van der Waals surface area contributed by atoms with Crippen LogP contribution < -0.4 is 0 Å². The maximum absolute atomic E-state index is 12.2. The Balaban J connectivity index is 2.21. The quantitative estimate of drug-likeness (QED) is 0.784. The van der Waals surface area contributed by atoms with Gasteiger partial charge < -0.3 is 9.32 Å². The number of amides is 1. The van der Waals surface area contributed by atoms with Gasteiger partial charge in [-0.15, -0.1) is 0 Å². The zero-order valence-electron chi connectivity index (χ0n) is 9.49. The first-order chi connectivity index (χ1) is 7.63. The molecular formula is C11H15BrN2O2. The highest BCUT2D eigenvalue weighted by Gasteiger charge is 2.31. The molecule has 0 spiro atoms. The second kappa shape index (κ2) is 4.57. The normalized spacial score (nSPS) is 20.4. The van der Waals surface area contributed by atoms with E-state index in [1.54, 1.807) is 6.92 Å². The Morgan fingerprint density at radius 2 is 2.38 bits per heavy atom. The number of rotatable bonds is 2. The van der Waals surface area contributed by atoms with Crippen LogP contribution in [0, 0.1) is 13.8 Å². The molecule has 0 saturated carbocycles. The van der Waals surface area contributed by atoms with E-state index >= 15 is 0 Å². The van der Waals surface area contributed by atoms with Gasteiger partial charge in [0.2, 0.25) is 5.76 Å². The third kappa shape index (κ3) is 2.00. The predicted molar refractivity (Wildman–Crippen MR) is 63.8 cm³/mol. The van der Waals surface area contributed by atoms with Crippen LogP contribution in [-0.4, -0.2) is 33.7 Å². The van der Waals surface area contributed by atoms with Crippen molar-refractivity contribution in [1.82, 2.24) is 9.88 Å². The summed E-state index contributed by atoms with van der Waals surface area (Å²) in [5.74, 6) is 0.917. The van der Waals surface area contributed by atoms with Crippen LogP contribution in [0.15, 0.2) is 4.42 Å². The van der Waals surface area contributed by atoms with E-state index in [4.69, 9.17) is 4.42 Å². The topological polar surface area (TPSA) is 46.3 Å². The standard InChI is InChI=1S/C11H15BrN2O2/c1-7-10(16-8(2)13-7)11(15)14-5-3-4-9(14)6-12/h9H,3-6H2,1-2H3. The molecule has 1 saturated heterocycles. The Bertz CT molecular complexity index is 403. The number of oxazole rings is 1. The lowest BCUT2D eigenvalue weighted by Gasteiger charge is -2.21. The smallest absolute Gasteiger partial charge is 0.291 e. The summed E-state index contributed by atoms with van der Waals surface area (Å²) in [7, 11) is 0. The van der Waals surface area contributed by atoms with Crippen LogP contribution in [-0.2, 0) is 0 Å². The van der Waals surface area contributed by atoms with Crippen LogP contribution in [0.5, 0.6) is 0 Å². The Hall–Kier alpha value is -0.840. The number of hydrogen-bond donors (Lipinski definition) is 0. The minimum atomic E-state index is -0.0277. The first kappa shape index (κ1) is 11.6. The fraction of sp³-hybridized carbons (Fsp3) is 0.636. The first-order valence-electron chi connectivity index (χ1n) is 5.44. The van der Waals surface area contributed by atoms with Crippen LogP contribution in [0.4, 0.5) is 0 Å². The van der Waals surface area contributed by atoms with Crippen molar-refractivity contribution in [2.75, 3.05) is 11.9 Å². The van der Waals surface area contributed by atoms with Gasteiger partial charge in [0.1, 0.15) is 0 Å². The van der Waals surface area contributed by atoms with E-state index < -0.39 is 0 Å². The van der Waals surface area contributed by atoms with E-state index in [1.807, 2.05) is 11.8 Å². The summed E-state index contributed by atoms with van der Waals surface area (Å²) in [5, 5.41) is 0.824. The SMILES string of the molecule is Cc1nc(C)c(C(=O)N2CCCC2CBr)o1. The minimum absolute atomic E-state index is 0.0277. The molecular weight excluding hydrogens is 272 g/mol. The van der Waals surface area contributed by atoms with Crippen LogP contribution in [0.3, 0.4) is 0 Å². The van der Waals surface area contributed by atoms with Crippen molar-refractivity contribution < 1.29 is 9.21 Å². The molecule has 1 fully saturated rings. The van der Waals surface area contributed by atoms with E-state index in [1.165, 1.54) is 0 Å². The number of aryl methyl sites for hydroxylation is 2. The van der Waals surface area contributed by atoms with E-state index in [-0.39, 0.29) is 11.9 Å². The van der Waals surface area contributed by atoms with Gasteiger partial charge in [-0.1, -0.05) is 15.9 Å². The highest BCUT2D eigenvalue weighted by Crippen LogP contribution is 2.23. The summed E-state index contributed by atoms with van der Waals surface area (Å²) in [6.07, 6.45) is 2.12. The molecule has 1 aromatic rings. The number of halogens is 1. The summed E-state index contributed by atoms with van der Waals surface area (Å²) in [6, 6.07) is 0.289. The maximum Gasteiger partial charge on any atom is 0.291 e. The number of hydrogen-bond acceptors (Lipinski definition) is 3. The summed E-state index contributed by atoms with van der Waals surface area (Å²) < 4.78 is 5.36. The number of aromatic nitrogens is 1. The molecule has 0 aliphatic carbocycles. The molecule has 5 heteroatoms. The van der Waals surface area contributed by atoms with Gasteiger partial charge in [0, 0.05) is 24.8 Å². The summed E-state index contributed by atoms with van der Waals surface area (Å²) in [6.45, 7) is 4.38. The van der Waals surface area contributed by atoms with Crippen molar-refractivity contribution in [3.63, 3.8) is 0 Å². The number of nitrogens with zero attached hydrogens (tertiary/aromatic N) is 2. The van der Waals surface area contributed by atoms with E-state index in [0.29, 0.717) is 17.3 Å². The van der Waals surface area contributed by atoms with Crippen molar-refractivity contribution in [1.29, 1.82) is 0 Å². The molecule has 1 aliphatic heterocycles. The second-order valence-electron chi connectivity index (χ2n) is 4.10. The van der Waals surface area contributed by atoms with Crippen LogP contribution in [0.1, 0.15) is 35.0 Å². The van der Waals surface area contributed by atoms with E-state index in [2.05, 4.69) is 20.9 Å². The van der Waals surface area contributed by atoms with Crippen molar-refractivity contribution in [3.05, 3.63) is 17.3 Å². The van der Waals surface area contributed by atoms with Gasteiger partial charge in [-0.2, -0.15) is 0 Å². The zero-order valence-corrected chi connectivity index (χ0v) is 11.1. The van der Waals surface area contributed by atoms with Crippen molar-refractivity contribution >= 4 is 21.8 Å². The lowest BCUT2D eigenvalue weighted by Crippen LogP contribution is -2.36. The summed E-state index contributed by atoms with van der Waals surface area (Å²) in [5.41, 5.74) is 0.683. The second-order valence-corrected chi connectivity index (χ2v) is 4.74. The molecule has 0 radical (unpaired) electrons. The third-order valence-electron chi connectivity index (χ3n) is 2.91. The molecule has 16 heavy (non-hydrogen) atoms. The maximum atomic E-state index is 12.2. The molecule has 2 rings (SSSR count). The van der Waals surface area contributed by atoms with Gasteiger partial charge in [0.05, 0.1) is 5.69 Å². The fourth-order valence-electron chi connectivity index (χ4n) is 2.12. The van der Waals surface area contributed by atoms with Crippen molar-refractivity contribution in [2.45, 2.75) is 32.7 Å². The Labute approximate surface area is 103 Å². The number of alkyl halides is 1. The van der Waals surface area contributed by atoms with Crippen LogP contribution >= 0.6 is 15.9 Å². The van der Waals surface area contributed by atoms with Crippen LogP contribution in [0.2, 0.25) is 0 Å². The molecule has 1 unspecified atom stereocenters. The molecule has 0 bridgehead atoms. The molecule has 2 heterocycles. The van der Waals surface area contributed by atoms with Gasteiger partial charge >= 0.3 is 0 Å². The largest absolute Gasteiger partial charge is 0.436 e. The van der Waals surface area contributed by atoms with E-state index in [0.717, 1.165) is 24.7 Å². The van der Waals surface area contributed by atoms with E-state index in [9.17, 15) is 4.79 Å². The molecule has 0 N–H and O–H groups in total. The molecule has 1 aliphatic rings. The number of carbonyl (C=O) groups excluding carboxylic acids is 1. The lowest BCUT2D eigenvalue weighted by molar-refractivity contribution is 0.0716. The monoisotopic (exact) mass is 286 g/mol. The third-order valence-corrected chi connectivity index (χ3v) is 3.66. The Kier molecular flexibility index (Phi) is 3.33. The van der Waals surface area contributed by atoms with Crippen LogP contribution in [0.25, 0.3) is 0 Å². The molecule has 88 valence electrons. The molecule has 1 aromatic heterocycles. The van der Waals surface area contributed by atoms with Crippen molar-refractivity contribution in [3.8, 4) is 0 Å². The fourth-order valence-corrected chi connectivity index (χ4v) is 2.80.